The van der Waals surface area contributed by atoms with Gasteiger partial charge in [-0.2, -0.15) is 0 Å². The Morgan fingerprint density at radius 2 is 1.61 bits per heavy atom. The number of carboxylic acids is 1. The van der Waals surface area contributed by atoms with Crippen molar-refractivity contribution in [2.45, 2.75) is 129 Å². The fraction of sp³-hybridized carbons (Fsp3) is 0.821. The summed E-state index contributed by atoms with van der Waals surface area (Å²) < 4.78 is 11.1. The monoisotopic (exact) mass is 464 g/mol. The third-order valence-corrected chi connectivity index (χ3v) is 7.19. The summed E-state index contributed by atoms with van der Waals surface area (Å²) in [5.74, 6) is 0.0639. The molecule has 2 rings (SSSR count). The van der Waals surface area contributed by atoms with Gasteiger partial charge in [0.25, 0.3) is 0 Å². The van der Waals surface area contributed by atoms with E-state index in [1.165, 1.54) is 50.5 Å². The molecular weight excluding hydrogens is 416 g/mol. The van der Waals surface area contributed by atoms with Crippen LogP contribution in [-0.2, 0) is 14.3 Å². The number of carbonyl (C=O) groups is 1. The van der Waals surface area contributed by atoms with E-state index >= 15 is 0 Å². The molecule has 1 saturated carbocycles. The van der Waals surface area contributed by atoms with Gasteiger partial charge in [0.1, 0.15) is 0 Å². The molecule has 2 N–H and O–H groups in total. The molecule has 0 amide bonds. The highest BCUT2D eigenvalue weighted by Crippen LogP contribution is 2.39. The van der Waals surface area contributed by atoms with Crippen molar-refractivity contribution in [3.63, 3.8) is 0 Å². The van der Waals surface area contributed by atoms with Gasteiger partial charge in [-0.1, -0.05) is 50.2 Å². The Bertz CT molecular complexity index is 601. The summed E-state index contributed by atoms with van der Waals surface area (Å²) >= 11 is 0. The molecule has 2 aliphatic rings. The lowest BCUT2D eigenvalue weighted by Gasteiger charge is -2.23. The Kier molecular flexibility index (Phi) is 13.8. The van der Waals surface area contributed by atoms with Crippen molar-refractivity contribution < 1.29 is 24.5 Å². The molecule has 190 valence electrons. The second-order valence-electron chi connectivity index (χ2n) is 10.3. The molecule has 1 aliphatic carbocycles. The van der Waals surface area contributed by atoms with Crippen molar-refractivity contribution in [3.05, 3.63) is 23.5 Å². The minimum atomic E-state index is -1.02. The van der Waals surface area contributed by atoms with Crippen LogP contribution in [0.1, 0.15) is 117 Å². The average Bonchev–Trinajstić information content (AvgIpc) is 3.14. The second-order valence-corrected chi connectivity index (χ2v) is 10.3. The number of hydrogen-bond donors (Lipinski definition) is 2. The fourth-order valence-electron chi connectivity index (χ4n) is 5.27. The maximum absolute atomic E-state index is 11.5. The van der Waals surface area contributed by atoms with Gasteiger partial charge in [-0.25, -0.2) is 4.79 Å². The maximum Gasteiger partial charge on any atom is 0.370 e. The molecule has 4 atom stereocenters. The number of rotatable bonds is 16. The predicted molar refractivity (Wildman–Crippen MR) is 133 cm³/mol. The van der Waals surface area contributed by atoms with Crippen LogP contribution in [0.25, 0.3) is 0 Å². The van der Waals surface area contributed by atoms with E-state index in [2.05, 4.69) is 19.9 Å². The number of unbranched alkanes of at least 4 members (excludes halogenated alkanes) is 7. The predicted octanol–water partition coefficient (Wildman–Crippen LogP) is 7.14. The Hall–Kier alpha value is -1.33. The zero-order valence-corrected chi connectivity index (χ0v) is 21.1. The number of ether oxygens (including phenoxy) is 2. The van der Waals surface area contributed by atoms with Gasteiger partial charge in [-0.3, -0.25) is 0 Å². The molecule has 1 heterocycles. The van der Waals surface area contributed by atoms with Crippen LogP contribution in [0.4, 0.5) is 0 Å². The minimum Gasteiger partial charge on any atom is -0.475 e. The number of aliphatic carboxylic acids is 1. The Labute approximate surface area is 201 Å². The first-order chi connectivity index (χ1) is 16.0. The van der Waals surface area contributed by atoms with Crippen LogP contribution in [0.5, 0.6) is 0 Å². The topological polar surface area (TPSA) is 76.0 Å². The quantitative estimate of drug-likeness (QED) is 0.110. The molecule has 0 bridgehead atoms. The smallest absolute Gasteiger partial charge is 0.370 e. The number of carboxylic acid groups (broad SMARTS) is 1. The molecule has 5 nitrogen and oxygen atoms in total. The van der Waals surface area contributed by atoms with Gasteiger partial charge in [0.15, 0.2) is 6.29 Å². The molecule has 0 aromatic carbocycles. The third kappa shape index (κ3) is 11.6. The van der Waals surface area contributed by atoms with Crippen LogP contribution >= 0.6 is 0 Å². The number of aliphatic hydroxyl groups is 1. The molecule has 0 aromatic heterocycles. The van der Waals surface area contributed by atoms with Crippen LogP contribution in [0.15, 0.2) is 23.5 Å². The average molecular weight is 465 g/mol. The summed E-state index contributed by atoms with van der Waals surface area (Å²) in [6.07, 6.45) is 21.0. The summed E-state index contributed by atoms with van der Waals surface area (Å²) in [6, 6.07) is 0. The van der Waals surface area contributed by atoms with E-state index in [1.54, 1.807) is 6.08 Å². The van der Waals surface area contributed by atoms with Gasteiger partial charge in [-0.05, 0) is 89.5 Å². The second kappa shape index (κ2) is 16.3. The van der Waals surface area contributed by atoms with Crippen LogP contribution in [-0.4, -0.2) is 35.2 Å². The van der Waals surface area contributed by atoms with Crippen molar-refractivity contribution >= 4 is 5.97 Å². The Morgan fingerprint density at radius 1 is 0.909 bits per heavy atom. The lowest BCUT2D eigenvalue weighted by atomic mass is 9.86. The molecule has 5 heteroatoms. The van der Waals surface area contributed by atoms with Crippen LogP contribution in [0.2, 0.25) is 0 Å². The van der Waals surface area contributed by atoms with Crippen molar-refractivity contribution in [1.82, 2.24) is 0 Å². The van der Waals surface area contributed by atoms with Crippen molar-refractivity contribution in [1.29, 1.82) is 0 Å². The largest absolute Gasteiger partial charge is 0.475 e. The van der Waals surface area contributed by atoms with E-state index in [9.17, 15) is 15.0 Å². The van der Waals surface area contributed by atoms with E-state index in [0.717, 1.165) is 51.4 Å². The van der Waals surface area contributed by atoms with Crippen LogP contribution in [0, 0.1) is 11.8 Å². The summed E-state index contributed by atoms with van der Waals surface area (Å²) in [5.41, 5.74) is 1.42. The Balaban J connectivity index is 1.61. The lowest BCUT2D eigenvalue weighted by Crippen LogP contribution is -2.24. The fourth-order valence-corrected chi connectivity index (χ4v) is 5.27. The molecule has 0 radical (unpaired) electrons. The van der Waals surface area contributed by atoms with Crippen molar-refractivity contribution in [2.24, 2.45) is 11.8 Å². The summed E-state index contributed by atoms with van der Waals surface area (Å²) in [7, 11) is 0. The standard InChI is InChI=1S/C28H48O5/c1-22(2)14-8-5-3-4-6-9-15-23-19-20-25(29)24(23)16-10-7-11-17-26(28(30)31)33-27-18-12-13-21-32-27/h14,17,23-25,27,29H,3-13,15-16,18-21H2,1-2H3,(H,30,31)/t23-,24+,25-,27?/m0/s1. The van der Waals surface area contributed by atoms with Gasteiger partial charge in [0, 0.05) is 6.42 Å². The highest BCUT2D eigenvalue weighted by Gasteiger charge is 2.33. The zero-order valence-electron chi connectivity index (χ0n) is 21.1. The van der Waals surface area contributed by atoms with Crippen molar-refractivity contribution in [3.8, 4) is 0 Å². The van der Waals surface area contributed by atoms with Gasteiger partial charge in [0.2, 0.25) is 5.76 Å². The van der Waals surface area contributed by atoms with E-state index in [4.69, 9.17) is 9.47 Å². The van der Waals surface area contributed by atoms with Crippen LogP contribution < -0.4 is 0 Å². The number of hydrogen-bond acceptors (Lipinski definition) is 4. The van der Waals surface area contributed by atoms with Crippen molar-refractivity contribution in [2.75, 3.05) is 6.61 Å². The van der Waals surface area contributed by atoms with Gasteiger partial charge in [0.05, 0.1) is 12.7 Å². The van der Waals surface area contributed by atoms with E-state index in [1.807, 2.05) is 0 Å². The molecule has 33 heavy (non-hydrogen) atoms. The maximum atomic E-state index is 11.5. The summed E-state index contributed by atoms with van der Waals surface area (Å²) in [5, 5.41) is 19.9. The Morgan fingerprint density at radius 3 is 2.33 bits per heavy atom. The molecule has 1 saturated heterocycles. The molecule has 2 fully saturated rings. The first-order valence-electron chi connectivity index (χ1n) is 13.5. The molecular formula is C28H48O5. The zero-order chi connectivity index (χ0) is 23.9. The molecule has 1 unspecified atom stereocenters. The SMILES string of the molecule is CC(C)=CCCCCCCC[C@H]1CC[C@H](O)[C@@H]1CCCCC=C(OC1CCCCO1)C(=O)O. The normalized spacial score (nSPS) is 25.7. The van der Waals surface area contributed by atoms with Crippen LogP contribution in [0.3, 0.4) is 0 Å². The highest BCUT2D eigenvalue weighted by atomic mass is 16.7. The third-order valence-electron chi connectivity index (χ3n) is 7.19. The summed E-state index contributed by atoms with van der Waals surface area (Å²) in [4.78, 5) is 11.5. The van der Waals surface area contributed by atoms with E-state index in [0.29, 0.717) is 24.9 Å². The highest BCUT2D eigenvalue weighted by molar-refractivity contribution is 5.84. The first kappa shape index (κ1) is 27.9. The molecule has 0 aromatic rings. The molecule has 0 spiro atoms. The van der Waals surface area contributed by atoms with Gasteiger partial charge in [-0.15, -0.1) is 0 Å². The minimum absolute atomic E-state index is 0.0153. The molecule has 1 aliphatic heterocycles. The number of allylic oxidation sites excluding steroid dienone is 3. The lowest BCUT2D eigenvalue weighted by molar-refractivity contribution is -0.159. The van der Waals surface area contributed by atoms with Gasteiger partial charge >= 0.3 is 5.97 Å². The number of aliphatic hydroxyl groups excluding tert-OH is 1. The first-order valence-corrected chi connectivity index (χ1v) is 13.5. The summed E-state index contributed by atoms with van der Waals surface area (Å²) in [6.45, 7) is 4.97. The van der Waals surface area contributed by atoms with Gasteiger partial charge < -0.3 is 19.7 Å². The van der Waals surface area contributed by atoms with E-state index < -0.39 is 12.3 Å². The van der Waals surface area contributed by atoms with E-state index in [-0.39, 0.29) is 11.9 Å².